The third-order valence-electron chi connectivity index (χ3n) is 4.09. The minimum atomic E-state index is -0.674. The second kappa shape index (κ2) is 5.36. The maximum atomic E-state index is 12.9. The second-order valence-electron chi connectivity index (χ2n) is 5.47. The lowest BCUT2D eigenvalue weighted by Gasteiger charge is -2.24. The van der Waals surface area contributed by atoms with Gasteiger partial charge in [0, 0.05) is 6.42 Å². The molecule has 1 aliphatic rings. The zero-order chi connectivity index (χ0) is 15.9. The van der Waals surface area contributed by atoms with Crippen LogP contribution in [0.4, 0.5) is 0 Å². The molecule has 1 atom stereocenters. The van der Waals surface area contributed by atoms with E-state index in [0.29, 0.717) is 29.6 Å². The molecule has 6 nitrogen and oxygen atoms in total. The van der Waals surface area contributed by atoms with Crippen LogP contribution in [0.1, 0.15) is 37.2 Å². The molecule has 1 aromatic carbocycles. The van der Waals surface area contributed by atoms with Crippen LogP contribution in [0.2, 0.25) is 0 Å². The van der Waals surface area contributed by atoms with E-state index in [1.54, 1.807) is 13.0 Å². The molecule has 1 fully saturated rings. The largest absolute Gasteiger partial charge is 0.295 e. The van der Waals surface area contributed by atoms with E-state index >= 15 is 0 Å². The summed E-state index contributed by atoms with van der Waals surface area (Å²) in [7, 11) is 0. The number of nitrogens with one attached hydrogen (secondary N) is 1. The predicted molar refractivity (Wildman–Crippen MR) is 81.5 cm³/mol. The van der Waals surface area contributed by atoms with E-state index in [0.717, 1.165) is 5.56 Å². The Balaban J connectivity index is 2.24. The molecule has 1 aliphatic heterocycles. The molecule has 2 amide bonds. The normalized spacial score (nSPS) is 18.5. The zero-order valence-electron chi connectivity index (χ0n) is 12.5. The first-order valence-corrected chi connectivity index (χ1v) is 7.37. The summed E-state index contributed by atoms with van der Waals surface area (Å²) in [5, 5.41) is 2.85. The smallest absolute Gasteiger partial charge is 0.262 e. The topological polar surface area (TPSA) is 81.1 Å². The van der Waals surface area contributed by atoms with Gasteiger partial charge in [-0.05, 0) is 31.4 Å². The predicted octanol–water partition coefficient (Wildman–Crippen LogP) is 1.25. The van der Waals surface area contributed by atoms with E-state index in [-0.39, 0.29) is 17.9 Å². The van der Waals surface area contributed by atoms with E-state index in [1.165, 1.54) is 4.57 Å². The molecule has 1 saturated heterocycles. The summed E-state index contributed by atoms with van der Waals surface area (Å²) in [6, 6.07) is 4.91. The van der Waals surface area contributed by atoms with Gasteiger partial charge in [-0.2, -0.15) is 0 Å². The highest BCUT2D eigenvalue weighted by Gasteiger charge is 2.30. The molecule has 0 aliphatic carbocycles. The van der Waals surface area contributed by atoms with E-state index in [4.69, 9.17) is 0 Å². The highest BCUT2D eigenvalue weighted by atomic mass is 16.2. The number of amides is 2. The van der Waals surface area contributed by atoms with Gasteiger partial charge >= 0.3 is 0 Å². The van der Waals surface area contributed by atoms with Crippen molar-refractivity contribution < 1.29 is 9.59 Å². The molecule has 0 saturated carbocycles. The summed E-state index contributed by atoms with van der Waals surface area (Å²) < 4.78 is 1.42. The van der Waals surface area contributed by atoms with E-state index in [9.17, 15) is 14.4 Å². The van der Waals surface area contributed by atoms with Crippen molar-refractivity contribution in [1.29, 1.82) is 0 Å². The van der Waals surface area contributed by atoms with Gasteiger partial charge in [0.05, 0.1) is 10.9 Å². The van der Waals surface area contributed by atoms with Crippen molar-refractivity contribution in [1.82, 2.24) is 14.9 Å². The molecule has 0 spiro atoms. The number of piperidine rings is 1. The van der Waals surface area contributed by atoms with E-state index < -0.39 is 11.9 Å². The molecular weight excluding hydrogens is 282 g/mol. The van der Waals surface area contributed by atoms with Gasteiger partial charge < -0.3 is 0 Å². The van der Waals surface area contributed by atoms with Gasteiger partial charge in [-0.1, -0.05) is 19.1 Å². The van der Waals surface area contributed by atoms with Crippen LogP contribution in [0, 0.1) is 6.92 Å². The Morgan fingerprint density at radius 3 is 2.77 bits per heavy atom. The van der Waals surface area contributed by atoms with Gasteiger partial charge in [0.1, 0.15) is 11.9 Å². The first kappa shape index (κ1) is 14.4. The van der Waals surface area contributed by atoms with Crippen LogP contribution in [0.5, 0.6) is 0 Å². The van der Waals surface area contributed by atoms with Crippen LogP contribution < -0.4 is 10.9 Å². The number of fused-ring (bicyclic) bond motifs is 1. The highest BCUT2D eigenvalue weighted by molar-refractivity contribution is 5.99. The van der Waals surface area contributed by atoms with Crippen molar-refractivity contribution in [3.05, 3.63) is 39.9 Å². The first-order chi connectivity index (χ1) is 10.5. The Morgan fingerprint density at radius 2 is 2.09 bits per heavy atom. The van der Waals surface area contributed by atoms with Gasteiger partial charge in [-0.25, -0.2) is 4.98 Å². The summed E-state index contributed by atoms with van der Waals surface area (Å²) >= 11 is 0. The van der Waals surface area contributed by atoms with Gasteiger partial charge in [0.2, 0.25) is 11.8 Å². The first-order valence-electron chi connectivity index (χ1n) is 7.37. The van der Waals surface area contributed by atoms with Crippen LogP contribution in [0.3, 0.4) is 0 Å². The van der Waals surface area contributed by atoms with E-state index in [1.807, 2.05) is 19.1 Å². The Hall–Kier alpha value is -2.50. The fourth-order valence-electron chi connectivity index (χ4n) is 3.01. The maximum absolute atomic E-state index is 12.9. The zero-order valence-corrected chi connectivity index (χ0v) is 12.5. The van der Waals surface area contributed by atoms with Crippen LogP contribution in [-0.2, 0) is 16.0 Å². The minimum absolute atomic E-state index is 0.213. The summed E-state index contributed by atoms with van der Waals surface area (Å²) in [5.41, 5.74) is 1.34. The van der Waals surface area contributed by atoms with Crippen molar-refractivity contribution in [3.63, 3.8) is 0 Å². The third-order valence-corrected chi connectivity index (χ3v) is 4.09. The quantitative estimate of drug-likeness (QED) is 0.846. The number of aryl methyl sites for hydroxylation is 2. The lowest BCUT2D eigenvalue weighted by atomic mass is 10.0. The Bertz CT molecular complexity index is 838. The number of nitrogens with zero attached hydrogens (tertiary/aromatic N) is 2. The number of hydrogen-bond acceptors (Lipinski definition) is 4. The Kier molecular flexibility index (Phi) is 3.52. The Morgan fingerprint density at radius 1 is 1.32 bits per heavy atom. The van der Waals surface area contributed by atoms with E-state index in [2.05, 4.69) is 10.3 Å². The molecule has 114 valence electrons. The second-order valence-corrected chi connectivity index (χ2v) is 5.47. The molecule has 3 rings (SSSR count). The minimum Gasteiger partial charge on any atom is -0.295 e. The van der Waals surface area contributed by atoms with Crippen molar-refractivity contribution in [2.75, 3.05) is 0 Å². The number of rotatable bonds is 2. The summed E-state index contributed by atoms with van der Waals surface area (Å²) in [5.74, 6) is -0.244. The Labute approximate surface area is 127 Å². The molecule has 0 bridgehead atoms. The van der Waals surface area contributed by atoms with Gasteiger partial charge in [0.15, 0.2) is 0 Å². The lowest BCUT2D eigenvalue weighted by molar-refractivity contribution is -0.135. The molecular formula is C16H17N3O3. The molecule has 1 aromatic heterocycles. The average Bonchev–Trinajstić information content (AvgIpc) is 2.48. The number of carbonyl (C=O) groups is 2. The monoisotopic (exact) mass is 299 g/mol. The third kappa shape index (κ3) is 2.20. The lowest BCUT2D eigenvalue weighted by Crippen LogP contribution is -2.45. The standard InChI is InChI=1S/C16H17N3O3/c1-3-10-5-4-6-11-14(10)16(22)19(9(2)17-11)12-7-8-13(20)18-15(12)21/h4-6,12H,3,7-8H2,1-2H3,(H,18,20,21)/t12-/m0/s1. The van der Waals surface area contributed by atoms with Crippen LogP contribution in [0.25, 0.3) is 10.9 Å². The molecule has 0 radical (unpaired) electrons. The van der Waals surface area contributed by atoms with Crippen molar-refractivity contribution in [3.8, 4) is 0 Å². The van der Waals surface area contributed by atoms with Gasteiger partial charge in [0.25, 0.3) is 5.56 Å². The fraction of sp³-hybridized carbons (Fsp3) is 0.375. The number of hydrogen-bond donors (Lipinski definition) is 1. The summed E-state index contributed by atoms with van der Waals surface area (Å²) in [6.07, 6.45) is 1.27. The van der Waals surface area contributed by atoms with Crippen molar-refractivity contribution >= 4 is 22.7 Å². The molecule has 2 heterocycles. The summed E-state index contributed by atoms with van der Waals surface area (Å²) in [6.45, 7) is 3.69. The number of carbonyl (C=O) groups excluding carboxylic acids is 2. The molecule has 1 N–H and O–H groups in total. The summed E-state index contributed by atoms with van der Waals surface area (Å²) in [4.78, 5) is 40.8. The van der Waals surface area contributed by atoms with Crippen LogP contribution >= 0.6 is 0 Å². The van der Waals surface area contributed by atoms with Gasteiger partial charge in [-0.3, -0.25) is 24.3 Å². The molecule has 6 heteroatoms. The average molecular weight is 299 g/mol. The molecule has 2 aromatic rings. The van der Waals surface area contributed by atoms with Crippen LogP contribution in [0.15, 0.2) is 23.0 Å². The SMILES string of the molecule is CCc1cccc2nc(C)n([C@H]3CCC(=O)NC3=O)c(=O)c12. The van der Waals surface area contributed by atoms with Crippen molar-refractivity contribution in [2.24, 2.45) is 0 Å². The number of benzene rings is 1. The molecule has 0 unspecified atom stereocenters. The number of imide groups is 1. The van der Waals surface area contributed by atoms with Crippen LogP contribution in [-0.4, -0.2) is 21.4 Å². The highest BCUT2D eigenvalue weighted by Crippen LogP contribution is 2.21. The number of aromatic nitrogens is 2. The maximum Gasteiger partial charge on any atom is 0.262 e. The molecule has 22 heavy (non-hydrogen) atoms. The van der Waals surface area contributed by atoms with Crippen molar-refractivity contribution in [2.45, 2.75) is 39.2 Å². The fourth-order valence-corrected chi connectivity index (χ4v) is 3.01. The van der Waals surface area contributed by atoms with Gasteiger partial charge in [-0.15, -0.1) is 0 Å².